The van der Waals surface area contributed by atoms with Gasteiger partial charge in [-0.1, -0.05) is 12.2 Å². The molecule has 0 bridgehead atoms. The molecular formula is C12H16N2OS2. The largest absolute Gasteiger partial charge is 0.392 e. The molecular weight excluding hydrogens is 252 g/mol. The predicted octanol–water partition coefficient (Wildman–Crippen LogP) is 1.95. The van der Waals surface area contributed by atoms with Crippen molar-refractivity contribution in [1.29, 1.82) is 0 Å². The van der Waals surface area contributed by atoms with E-state index in [1.807, 2.05) is 4.90 Å². The molecule has 2 N–H and O–H groups in total. The average Bonchev–Trinajstić information content (AvgIpc) is 2.74. The van der Waals surface area contributed by atoms with Crippen molar-refractivity contribution in [2.75, 3.05) is 6.54 Å². The van der Waals surface area contributed by atoms with E-state index in [0.29, 0.717) is 6.54 Å². The maximum Gasteiger partial charge on any atom is 0.235 e. The predicted molar refractivity (Wildman–Crippen MR) is 74.0 cm³/mol. The lowest BCUT2D eigenvalue weighted by molar-refractivity contribution is -0.137. The van der Waals surface area contributed by atoms with E-state index in [4.69, 9.17) is 18.0 Å². The highest BCUT2D eigenvalue weighted by molar-refractivity contribution is 7.80. The van der Waals surface area contributed by atoms with Crippen LogP contribution in [0.25, 0.3) is 0 Å². The van der Waals surface area contributed by atoms with Gasteiger partial charge in [-0.2, -0.15) is 0 Å². The molecule has 0 aromatic carbocycles. The van der Waals surface area contributed by atoms with E-state index in [1.165, 1.54) is 10.4 Å². The molecule has 0 unspecified atom stereocenters. The topological polar surface area (TPSA) is 46.3 Å². The summed E-state index contributed by atoms with van der Waals surface area (Å²) < 4.78 is 0. The summed E-state index contributed by atoms with van der Waals surface area (Å²) in [6.45, 7) is 5.03. The summed E-state index contributed by atoms with van der Waals surface area (Å²) in [5.41, 5.74) is 6.15. The Bertz CT molecular complexity index is 465. The molecule has 17 heavy (non-hydrogen) atoms. The molecule has 1 aromatic heterocycles. The van der Waals surface area contributed by atoms with Crippen LogP contribution < -0.4 is 5.73 Å². The Labute approximate surface area is 111 Å². The first-order valence-electron chi connectivity index (χ1n) is 5.57. The molecule has 92 valence electrons. The Morgan fingerprint density at radius 1 is 1.59 bits per heavy atom. The number of carbonyl (C=O) groups is 1. The number of carbonyl (C=O) groups excluding carboxylic acids is 1. The van der Waals surface area contributed by atoms with Crippen molar-refractivity contribution in [3.05, 3.63) is 21.9 Å². The molecule has 0 radical (unpaired) electrons. The number of nitrogens with two attached hydrogens (primary N) is 1. The van der Waals surface area contributed by atoms with Crippen LogP contribution in [-0.2, 0) is 17.8 Å². The minimum absolute atomic E-state index is 0.0295. The second kappa shape index (κ2) is 4.38. The number of rotatable bonds is 2. The lowest BCUT2D eigenvalue weighted by Crippen LogP contribution is -2.48. The number of hydrogen-bond acceptors (Lipinski definition) is 3. The molecule has 5 heteroatoms. The maximum absolute atomic E-state index is 12.4. The zero-order valence-electron chi connectivity index (χ0n) is 10.0. The highest BCUT2D eigenvalue weighted by Crippen LogP contribution is 2.27. The Kier molecular flexibility index (Phi) is 3.23. The summed E-state index contributed by atoms with van der Waals surface area (Å²) in [6.07, 6.45) is 0.937. The SMILES string of the molecule is CC(C)(C(=O)N1CCc2sccc2C1)C(N)=S. The van der Waals surface area contributed by atoms with Gasteiger partial charge in [-0.25, -0.2) is 0 Å². The molecule has 2 heterocycles. The number of nitrogens with zero attached hydrogens (tertiary/aromatic N) is 1. The molecule has 0 saturated carbocycles. The smallest absolute Gasteiger partial charge is 0.235 e. The van der Waals surface area contributed by atoms with E-state index in [2.05, 4.69) is 11.4 Å². The highest BCUT2D eigenvalue weighted by atomic mass is 32.1. The van der Waals surface area contributed by atoms with Gasteiger partial charge in [0.1, 0.15) is 0 Å². The molecule has 3 nitrogen and oxygen atoms in total. The summed E-state index contributed by atoms with van der Waals surface area (Å²) in [5.74, 6) is 0.0295. The summed E-state index contributed by atoms with van der Waals surface area (Å²) in [4.78, 5) is 15.9. The zero-order chi connectivity index (χ0) is 12.6. The van der Waals surface area contributed by atoms with Gasteiger partial charge in [-0.05, 0) is 37.3 Å². The van der Waals surface area contributed by atoms with Gasteiger partial charge in [0.05, 0.1) is 10.4 Å². The van der Waals surface area contributed by atoms with Crippen LogP contribution in [0.2, 0.25) is 0 Å². The van der Waals surface area contributed by atoms with E-state index in [-0.39, 0.29) is 10.9 Å². The van der Waals surface area contributed by atoms with Crippen LogP contribution in [0.3, 0.4) is 0 Å². The molecule has 2 rings (SSSR count). The van der Waals surface area contributed by atoms with Gasteiger partial charge in [-0.15, -0.1) is 11.3 Å². The first-order valence-corrected chi connectivity index (χ1v) is 6.86. The van der Waals surface area contributed by atoms with E-state index in [1.54, 1.807) is 25.2 Å². The van der Waals surface area contributed by atoms with Crippen molar-refractivity contribution >= 4 is 34.5 Å². The van der Waals surface area contributed by atoms with Crippen molar-refractivity contribution in [3.63, 3.8) is 0 Å². The quantitative estimate of drug-likeness (QED) is 0.834. The van der Waals surface area contributed by atoms with Crippen molar-refractivity contribution in [1.82, 2.24) is 4.90 Å². The van der Waals surface area contributed by atoms with E-state index in [0.717, 1.165) is 13.0 Å². The van der Waals surface area contributed by atoms with Crippen molar-refractivity contribution in [2.24, 2.45) is 11.1 Å². The van der Waals surface area contributed by atoms with Gasteiger partial charge in [0, 0.05) is 18.0 Å². The average molecular weight is 268 g/mol. The van der Waals surface area contributed by atoms with E-state index in [9.17, 15) is 4.79 Å². The summed E-state index contributed by atoms with van der Waals surface area (Å²) in [5, 5.41) is 2.08. The Balaban J connectivity index is 2.16. The fourth-order valence-electron chi connectivity index (χ4n) is 1.92. The van der Waals surface area contributed by atoms with Gasteiger partial charge in [0.25, 0.3) is 0 Å². The monoisotopic (exact) mass is 268 g/mol. The molecule has 0 aliphatic carbocycles. The maximum atomic E-state index is 12.4. The number of fused-ring (bicyclic) bond motifs is 1. The van der Waals surface area contributed by atoms with E-state index >= 15 is 0 Å². The van der Waals surface area contributed by atoms with Crippen LogP contribution in [0.15, 0.2) is 11.4 Å². The van der Waals surface area contributed by atoms with Crippen LogP contribution in [0.4, 0.5) is 0 Å². The second-order valence-electron chi connectivity index (χ2n) is 4.83. The first-order chi connectivity index (χ1) is 7.93. The zero-order valence-corrected chi connectivity index (χ0v) is 11.7. The van der Waals surface area contributed by atoms with Crippen molar-refractivity contribution < 1.29 is 4.79 Å². The van der Waals surface area contributed by atoms with Crippen LogP contribution in [-0.4, -0.2) is 22.3 Å². The minimum Gasteiger partial charge on any atom is -0.392 e. The third kappa shape index (κ3) is 2.21. The van der Waals surface area contributed by atoms with Gasteiger partial charge in [0.2, 0.25) is 5.91 Å². The van der Waals surface area contributed by atoms with Crippen molar-refractivity contribution in [3.8, 4) is 0 Å². The van der Waals surface area contributed by atoms with E-state index < -0.39 is 5.41 Å². The summed E-state index contributed by atoms with van der Waals surface area (Å²) in [6, 6.07) is 2.09. The summed E-state index contributed by atoms with van der Waals surface area (Å²) in [7, 11) is 0. The molecule has 1 aliphatic rings. The van der Waals surface area contributed by atoms with Gasteiger partial charge in [0.15, 0.2) is 0 Å². The molecule has 0 fully saturated rings. The number of thiophene rings is 1. The first kappa shape index (κ1) is 12.5. The van der Waals surface area contributed by atoms with Gasteiger partial charge in [-0.3, -0.25) is 4.79 Å². The number of amides is 1. The fourth-order valence-corrected chi connectivity index (χ4v) is 2.90. The molecule has 1 amide bonds. The lowest BCUT2D eigenvalue weighted by atomic mass is 9.90. The van der Waals surface area contributed by atoms with Crippen LogP contribution in [0, 0.1) is 5.41 Å². The van der Waals surface area contributed by atoms with Gasteiger partial charge >= 0.3 is 0 Å². The normalized spacial score (nSPS) is 15.5. The number of thiocarbonyl (C=S) groups is 1. The third-order valence-corrected chi connectivity index (χ3v) is 4.78. The number of hydrogen-bond donors (Lipinski definition) is 1. The Morgan fingerprint density at radius 2 is 2.29 bits per heavy atom. The lowest BCUT2D eigenvalue weighted by Gasteiger charge is -2.33. The third-order valence-electron chi connectivity index (χ3n) is 3.25. The molecule has 1 aromatic rings. The summed E-state index contributed by atoms with van der Waals surface area (Å²) >= 11 is 6.74. The van der Waals surface area contributed by atoms with Crippen LogP contribution in [0.5, 0.6) is 0 Å². The van der Waals surface area contributed by atoms with Crippen LogP contribution in [0.1, 0.15) is 24.3 Å². The van der Waals surface area contributed by atoms with Gasteiger partial charge < -0.3 is 10.6 Å². The Morgan fingerprint density at radius 3 is 2.94 bits per heavy atom. The molecule has 0 atom stereocenters. The molecule has 0 spiro atoms. The molecule has 0 saturated heterocycles. The molecule has 1 aliphatic heterocycles. The Hall–Kier alpha value is -0.940. The second-order valence-corrected chi connectivity index (χ2v) is 6.28. The standard InChI is InChI=1S/C12H16N2OS2/c1-12(2,10(13)16)11(15)14-5-3-9-8(7-14)4-6-17-9/h4,6H,3,5,7H2,1-2H3,(H2,13,16). The van der Waals surface area contributed by atoms with Crippen LogP contribution >= 0.6 is 23.6 Å². The highest BCUT2D eigenvalue weighted by Gasteiger charge is 2.36. The fraction of sp³-hybridized carbons (Fsp3) is 0.500. The minimum atomic E-state index is -0.747. The van der Waals surface area contributed by atoms with Crippen molar-refractivity contribution in [2.45, 2.75) is 26.8 Å².